The molecule has 0 bridgehead atoms. The maximum atomic E-state index is 12.4. The first-order valence-electron chi connectivity index (χ1n) is 7.35. The normalized spacial score (nSPS) is 29.1. The lowest BCUT2D eigenvalue weighted by atomic mass is 10.2. The summed E-state index contributed by atoms with van der Waals surface area (Å²) in [6.07, 6.45) is 6.96. The highest BCUT2D eigenvalue weighted by Crippen LogP contribution is 2.34. The molecule has 1 heterocycles. The summed E-state index contributed by atoms with van der Waals surface area (Å²) < 4.78 is 26.7. The van der Waals surface area contributed by atoms with Gasteiger partial charge < -0.3 is 5.32 Å². The third kappa shape index (κ3) is 3.45. The number of hydrogen-bond acceptors (Lipinski definition) is 3. The maximum absolute atomic E-state index is 12.4. The van der Waals surface area contributed by atoms with Crippen molar-refractivity contribution in [2.45, 2.75) is 44.6 Å². The van der Waals surface area contributed by atoms with E-state index in [-0.39, 0.29) is 0 Å². The van der Waals surface area contributed by atoms with Crippen molar-refractivity contribution in [3.8, 4) is 0 Å². The summed E-state index contributed by atoms with van der Waals surface area (Å²) in [5.74, 6) is 1.49. The standard InChI is InChI=1S/C13H24N2O2S/c16-18(17,10-12-5-6-12)15(8-11-3-4-11)9-13-2-1-7-14-13/h11-14H,1-10H2. The predicted octanol–water partition coefficient (Wildman–Crippen LogP) is 1.19. The minimum atomic E-state index is -3.01. The van der Waals surface area contributed by atoms with Crippen LogP contribution in [0.3, 0.4) is 0 Å². The summed E-state index contributed by atoms with van der Waals surface area (Å²) in [7, 11) is -3.01. The topological polar surface area (TPSA) is 49.4 Å². The molecular formula is C13H24N2O2S. The van der Waals surface area contributed by atoms with E-state index in [1.165, 1.54) is 19.3 Å². The van der Waals surface area contributed by atoms with Crippen LogP contribution < -0.4 is 5.32 Å². The zero-order chi connectivity index (χ0) is 12.6. The lowest BCUT2D eigenvalue weighted by molar-refractivity contribution is 0.357. The molecule has 3 fully saturated rings. The summed E-state index contributed by atoms with van der Waals surface area (Å²) in [6, 6.07) is 0.387. The van der Waals surface area contributed by atoms with Gasteiger partial charge in [0.2, 0.25) is 10.0 Å². The third-order valence-corrected chi connectivity index (χ3v) is 6.26. The molecule has 0 amide bonds. The van der Waals surface area contributed by atoms with Crippen LogP contribution in [0, 0.1) is 11.8 Å². The van der Waals surface area contributed by atoms with E-state index < -0.39 is 10.0 Å². The van der Waals surface area contributed by atoms with Gasteiger partial charge >= 0.3 is 0 Å². The molecule has 5 heteroatoms. The highest BCUT2D eigenvalue weighted by atomic mass is 32.2. The molecule has 3 rings (SSSR count). The fourth-order valence-corrected chi connectivity index (χ4v) is 4.72. The van der Waals surface area contributed by atoms with Gasteiger partial charge in [-0.25, -0.2) is 12.7 Å². The molecule has 1 unspecified atom stereocenters. The Bertz CT molecular complexity index is 382. The van der Waals surface area contributed by atoms with Crippen molar-refractivity contribution in [2.24, 2.45) is 11.8 Å². The van der Waals surface area contributed by atoms with Gasteiger partial charge in [0.25, 0.3) is 0 Å². The fraction of sp³-hybridized carbons (Fsp3) is 1.00. The average Bonchev–Trinajstić information content (AvgIpc) is 3.21. The van der Waals surface area contributed by atoms with Crippen LogP contribution in [0.2, 0.25) is 0 Å². The SMILES string of the molecule is O=S(=O)(CC1CC1)N(CC1CC1)CC1CCCN1. The Morgan fingerprint density at radius 2 is 1.72 bits per heavy atom. The van der Waals surface area contributed by atoms with E-state index >= 15 is 0 Å². The smallest absolute Gasteiger partial charge is 0.214 e. The van der Waals surface area contributed by atoms with Gasteiger partial charge in [0.15, 0.2) is 0 Å². The summed E-state index contributed by atoms with van der Waals surface area (Å²) >= 11 is 0. The Hall–Kier alpha value is -0.130. The summed E-state index contributed by atoms with van der Waals surface area (Å²) in [4.78, 5) is 0. The third-order valence-electron chi connectivity index (χ3n) is 4.28. The molecule has 1 aliphatic heterocycles. The predicted molar refractivity (Wildman–Crippen MR) is 71.8 cm³/mol. The van der Waals surface area contributed by atoms with E-state index in [1.54, 1.807) is 4.31 Å². The Morgan fingerprint density at radius 1 is 1.00 bits per heavy atom. The van der Waals surface area contributed by atoms with Crippen LogP contribution in [0.25, 0.3) is 0 Å². The zero-order valence-electron chi connectivity index (χ0n) is 11.0. The molecule has 104 valence electrons. The van der Waals surface area contributed by atoms with Crippen LogP contribution in [0.4, 0.5) is 0 Å². The molecule has 0 aromatic carbocycles. The summed E-state index contributed by atoms with van der Waals surface area (Å²) in [6.45, 7) is 2.52. The molecule has 1 N–H and O–H groups in total. The lowest BCUT2D eigenvalue weighted by Crippen LogP contribution is -2.43. The molecule has 18 heavy (non-hydrogen) atoms. The quantitative estimate of drug-likeness (QED) is 0.757. The van der Waals surface area contributed by atoms with Crippen LogP contribution in [0.15, 0.2) is 0 Å². The molecule has 4 nitrogen and oxygen atoms in total. The number of sulfonamides is 1. The minimum Gasteiger partial charge on any atom is -0.313 e. The van der Waals surface area contributed by atoms with E-state index in [0.717, 1.165) is 32.4 Å². The molecule has 2 saturated carbocycles. The van der Waals surface area contributed by atoms with Crippen molar-refractivity contribution >= 4 is 10.0 Å². The Labute approximate surface area is 110 Å². The second-order valence-electron chi connectivity index (χ2n) is 6.28. The van der Waals surface area contributed by atoms with Crippen LogP contribution >= 0.6 is 0 Å². The van der Waals surface area contributed by atoms with Crippen LogP contribution in [0.5, 0.6) is 0 Å². The van der Waals surface area contributed by atoms with Gasteiger partial charge in [0.05, 0.1) is 5.75 Å². The van der Waals surface area contributed by atoms with Crippen LogP contribution in [-0.2, 0) is 10.0 Å². The molecule has 2 aliphatic carbocycles. The van der Waals surface area contributed by atoms with Gasteiger partial charge in [-0.05, 0) is 56.9 Å². The highest BCUT2D eigenvalue weighted by Gasteiger charge is 2.36. The average molecular weight is 272 g/mol. The number of nitrogens with zero attached hydrogens (tertiary/aromatic N) is 1. The molecule has 0 spiro atoms. The van der Waals surface area contributed by atoms with Gasteiger partial charge in [-0.1, -0.05) is 0 Å². The van der Waals surface area contributed by atoms with Crippen molar-refractivity contribution in [1.29, 1.82) is 0 Å². The van der Waals surface area contributed by atoms with Crippen molar-refractivity contribution in [2.75, 3.05) is 25.4 Å². The zero-order valence-corrected chi connectivity index (χ0v) is 11.8. The minimum absolute atomic E-state index is 0.387. The first kappa shape index (κ1) is 12.9. The molecule has 0 aromatic rings. The van der Waals surface area contributed by atoms with Gasteiger partial charge in [0.1, 0.15) is 0 Å². The monoisotopic (exact) mass is 272 g/mol. The number of nitrogens with one attached hydrogen (secondary N) is 1. The molecule has 1 saturated heterocycles. The number of hydrogen-bond donors (Lipinski definition) is 1. The Kier molecular flexibility index (Phi) is 3.65. The summed E-state index contributed by atoms with van der Waals surface area (Å²) in [5.41, 5.74) is 0. The van der Waals surface area contributed by atoms with E-state index in [2.05, 4.69) is 5.32 Å². The highest BCUT2D eigenvalue weighted by molar-refractivity contribution is 7.89. The maximum Gasteiger partial charge on any atom is 0.214 e. The van der Waals surface area contributed by atoms with E-state index in [0.29, 0.717) is 30.2 Å². The van der Waals surface area contributed by atoms with Crippen molar-refractivity contribution in [1.82, 2.24) is 9.62 Å². The first-order valence-corrected chi connectivity index (χ1v) is 8.95. The Morgan fingerprint density at radius 3 is 2.28 bits per heavy atom. The van der Waals surface area contributed by atoms with Crippen molar-refractivity contribution in [3.05, 3.63) is 0 Å². The van der Waals surface area contributed by atoms with Crippen molar-refractivity contribution in [3.63, 3.8) is 0 Å². The van der Waals surface area contributed by atoms with Gasteiger partial charge in [0, 0.05) is 19.1 Å². The van der Waals surface area contributed by atoms with Gasteiger partial charge in [-0.3, -0.25) is 0 Å². The van der Waals surface area contributed by atoms with Crippen LogP contribution in [-0.4, -0.2) is 44.2 Å². The molecular weight excluding hydrogens is 248 g/mol. The van der Waals surface area contributed by atoms with E-state index in [4.69, 9.17) is 0 Å². The fourth-order valence-electron chi connectivity index (χ4n) is 2.74. The Balaban J connectivity index is 1.62. The molecule has 0 aromatic heterocycles. The van der Waals surface area contributed by atoms with Gasteiger partial charge in [-0.2, -0.15) is 0 Å². The largest absolute Gasteiger partial charge is 0.313 e. The molecule has 3 aliphatic rings. The lowest BCUT2D eigenvalue weighted by Gasteiger charge is -2.25. The number of rotatable bonds is 7. The second kappa shape index (κ2) is 5.10. The van der Waals surface area contributed by atoms with E-state index in [1.807, 2.05) is 0 Å². The van der Waals surface area contributed by atoms with E-state index in [9.17, 15) is 8.42 Å². The first-order chi connectivity index (χ1) is 8.63. The second-order valence-corrected chi connectivity index (χ2v) is 8.29. The molecule has 0 radical (unpaired) electrons. The molecule has 1 atom stereocenters. The van der Waals surface area contributed by atoms with Crippen molar-refractivity contribution < 1.29 is 8.42 Å². The summed E-state index contributed by atoms with van der Waals surface area (Å²) in [5, 5.41) is 3.42. The van der Waals surface area contributed by atoms with Gasteiger partial charge in [-0.15, -0.1) is 0 Å². The van der Waals surface area contributed by atoms with Crippen LogP contribution in [0.1, 0.15) is 38.5 Å².